The van der Waals surface area contributed by atoms with Gasteiger partial charge in [0.05, 0.1) is 6.10 Å². The number of hydrogen-bond acceptors (Lipinski definition) is 12. The normalized spacial score (nSPS) is 25.3. The Balaban J connectivity index is 1.95. The molecule has 1 aliphatic rings. The van der Waals surface area contributed by atoms with E-state index in [4.69, 9.17) is 13.9 Å². The number of aromatic hydroxyl groups is 5. The van der Waals surface area contributed by atoms with Crippen LogP contribution in [0.3, 0.4) is 0 Å². The third-order valence-electron chi connectivity index (χ3n) is 5.35. The van der Waals surface area contributed by atoms with Gasteiger partial charge in [0.2, 0.25) is 23.2 Å². The van der Waals surface area contributed by atoms with Gasteiger partial charge in [0.1, 0.15) is 29.3 Å². The maximum atomic E-state index is 13.3. The fourth-order valence-corrected chi connectivity index (χ4v) is 3.48. The molecule has 0 spiro atoms. The lowest BCUT2D eigenvalue weighted by Crippen LogP contribution is -2.58. The molecule has 2 heterocycles. The SMILES string of the molecule is CC1O[C@@H](Oc2c(-c3ccc(O)c(O)c3)oc3cc(O)c(O)c(O)c3c2=O)[C@@H](O)C(O)[C@H]1O. The van der Waals surface area contributed by atoms with Crippen LogP contribution in [0.2, 0.25) is 0 Å². The quantitative estimate of drug-likeness (QED) is 0.244. The average molecular weight is 464 g/mol. The van der Waals surface area contributed by atoms with Crippen molar-refractivity contribution in [2.24, 2.45) is 0 Å². The molecule has 1 fully saturated rings. The third-order valence-corrected chi connectivity index (χ3v) is 5.35. The fraction of sp³-hybridized carbons (Fsp3) is 0.286. The van der Waals surface area contributed by atoms with Crippen molar-refractivity contribution in [1.82, 2.24) is 0 Å². The summed E-state index contributed by atoms with van der Waals surface area (Å²) in [6.45, 7) is 1.39. The first-order valence-electron chi connectivity index (χ1n) is 9.64. The molecule has 5 atom stereocenters. The molecule has 0 aliphatic carbocycles. The maximum absolute atomic E-state index is 13.3. The Bertz CT molecular complexity index is 1280. The first-order chi connectivity index (χ1) is 15.5. The number of aliphatic hydroxyl groups excluding tert-OH is 3. The van der Waals surface area contributed by atoms with Gasteiger partial charge >= 0.3 is 0 Å². The lowest BCUT2D eigenvalue weighted by atomic mass is 10.00. The van der Waals surface area contributed by atoms with Gasteiger partial charge in [0.15, 0.2) is 28.8 Å². The molecule has 2 unspecified atom stereocenters. The monoisotopic (exact) mass is 464 g/mol. The van der Waals surface area contributed by atoms with Crippen molar-refractivity contribution in [3.63, 3.8) is 0 Å². The van der Waals surface area contributed by atoms with Crippen LogP contribution in [-0.2, 0) is 4.74 Å². The summed E-state index contributed by atoms with van der Waals surface area (Å²) in [4.78, 5) is 13.3. The molecule has 12 heteroatoms. The summed E-state index contributed by atoms with van der Waals surface area (Å²) in [7, 11) is 0. The van der Waals surface area contributed by atoms with E-state index < -0.39 is 76.0 Å². The summed E-state index contributed by atoms with van der Waals surface area (Å²) in [6, 6.07) is 4.25. The van der Waals surface area contributed by atoms with Gasteiger partial charge in [-0.1, -0.05) is 0 Å². The molecule has 0 amide bonds. The van der Waals surface area contributed by atoms with E-state index in [2.05, 4.69) is 0 Å². The van der Waals surface area contributed by atoms with E-state index in [1.165, 1.54) is 13.0 Å². The molecule has 4 rings (SSSR count). The van der Waals surface area contributed by atoms with E-state index in [1.54, 1.807) is 0 Å². The second kappa shape index (κ2) is 8.01. The molecule has 0 radical (unpaired) electrons. The van der Waals surface area contributed by atoms with E-state index >= 15 is 0 Å². The van der Waals surface area contributed by atoms with Gasteiger partial charge < -0.3 is 54.7 Å². The molecular formula is C21H20O12. The molecule has 2 aromatic carbocycles. The summed E-state index contributed by atoms with van der Waals surface area (Å²) < 4.78 is 16.5. The van der Waals surface area contributed by atoms with Gasteiger partial charge in [-0.05, 0) is 25.1 Å². The highest BCUT2D eigenvalue weighted by Crippen LogP contribution is 2.43. The number of rotatable bonds is 3. The van der Waals surface area contributed by atoms with Crippen LogP contribution in [0.25, 0.3) is 22.3 Å². The zero-order valence-electron chi connectivity index (χ0n) is 16.9. The Morgan fingerprint density at radius 1 is 0.848 bits per heavy atom. The number of phenolic OH excluding ortho intramolecular Hbond substituents is 5. The maximum Gasteiger partial charge on any atom is 0.239 e. The first kappa shape index (κ1) is 22.5. The second-order valence-electron chi connectivity index (χ2n) is 7.56. The molecule has 12 nitrogen and oxygen atoms in total. The topological polar surface area (TPSA) is 211 Å². The summed E-state index contributed by atoms with van der Waals surface area (Å²) in [5.41, 5.74) is -1.42. The molecule has 0 saturated carbocycles. The standard InChI is InChI=1S/C21H20O12/c1-6-13(25)17(29)18(30)21(31-6)33-20-16(28)12-11(5-10(24)14(26)15(12)27)32-19(20)7-2-3-8(22)9(23)4-7/h2-6,13,17-18,21-27,29-30H,1H3/t6?,13-,17?,18-,21-/m0/s1. The van der Waals surface area contributed by atoms with Crippen molar-refractivity contribution in [3.8, 4) is 45.8 Å². The number of ether oxygens (including phenoxy) is 2. The molecule has 1 aromatic heterocycles. The van der Waals surface area contributed by atoms with Crippen LogP contribution < -0.4 is 10.2 Å². The van der Waals surface area contributed by atoms with Crippen LogP contribution in [-0.4, -0.2) is 71.6 Å². The zero-order valence-corrected chi connectivity index (χ0v) is 16.9. The van der Waals surface area contributed by atoms with Crippen molar-refractivity contribution < 1.29 is 54.7 Å². The number of hydrogen-bond donors (Lipinski definition) is 8. The van der Waals surface area contributed by atoms with Crippen LogP contribution in [0, 0.1) is 0 Å². The van der Waals surface area contributed by atoms with E-state index in [1.807, 2.05) is 0 Å². The van der Waals surface area contributed by atoms with Crippen LogP contribution in [0.4, 0.5) is 0 Å². The highest BCUT2D eigenvalue weighted by molar-refractivity contribution is 5.91. The Hall–Kier alpha value is -3.71. The first-order valence-corrected chi connectivity index (χ1v) is 9.64. The predicted octanol–water partition coefficient (Wildman–Crippen LogP) is 0.194. The molecule has 3 aromatic rings. The van der Waals surface area contributed by atoms with Gasteiger partial charge in [-0.15, -0.1) is 0 Å². The lowest BCUT2D eigenvalue weighted by Gasteiger charge is -2.38. The minimum Gasteiger partial charge on any atom is -0.504 e. The summed E-state index contributed by atoms with van der Waals surface area (Å²) in [5.74, 6) is -4.84. The number of phenols is 5. The predicted molar refractivity (Wildman–Crippen MR) is 109 cm³/mol. The van der Waals surface area contributed by atoms with Gasteiger partial charge in [-0.3, -0.25) is 4.79 Å². The molecule has 0 bridgehead atoms. The van der Waals surface area contributed by atoms with E-state index in [0.717, 1.165) is 18.2 Å². The van der Waals surface area contributed by atoms with Crippen molar-refractivity contribution in [2.75, 3.05) is 0 Å². The van der Waals surface area contributed by atoms with Gasteiger partial charge in [-0.2, -0.15) is 0 Å². The van der Waals surface area contributed by atoms with Gasteiger partial charge in [0.25, 0.3) is 0 Å². The largest absolute Gasteiger partial charge is 0.504 e. The number of benzene rings is 2. The molecule has 1 saturated heterocycles. The van der Waals surface area contributed by atoms with Crippen molar-refractivity contribution in [3.05, 3.63) is 34.5 Å². The smallest absolute Gasteiger partial charge is 0.239 e. The second-order valence-corrected chi connectivity index (χ2v) is 7.56. The number of aliphatic hydroxyl groups is 3. The Labute approximate surface area is 184 Å². The summed E-state index contributed by atoms with van der Waals surface area (Å²) >= 11 is 0. The van der Waals surface area contributed by atoms with Crippen LogP contribution in [0.5, 0.6) is 34.5 Å². The fourth-order valence-electron chi connectivity index (χ4n) is 3.48. The van der Waals surface area contributed by atoms with Crippen molar-refractivity contribution in [1.29, 1.82) is 0 Å². The van der Waals surface area contributed by atoms with E-state index in [0.29, 0.717) is 0 Å². The van der Waals surface area contributed by atoms with Crippen molar-refractivity contribution >= 4 is 11.0 Å². The van der Waals surface area contributed by atoms with Crippen LogP contribution in [0.1, 0.15) is 6.92 Å². The van der Waals surface area contributed by atoms with Crippen LogP contribution >= 0.6 is 0 Å². The molecule has 1 aliphatic heterocycles. The molecular weight excluding hydrogens is 444 g/mol. The van der Waals surface area contributed by atoms with Crippen molar-refractivity contribution in [2.45, 2.75) is 37.6 Å². The Kier molecular flexibility index (Phi) is 5.46. The third kappa shape index (κ3) is 3.64. The lowest BCUT2D eigenvalue weighted by molar-refractivity contribution is -0.268. The highest BCUT2D eigenvalue weighted by Gasteiger charge is 2.44. The minimum absolute atomic E-state index is 0.00489. The Morgan fingerprint density at radius 2 is 1.55 bits per heavy atom. The Morgan fingerprint density at radius 3 is 2.21 bits per heavy atom. The van der Waals surface area contributed by atoms with E-state index in [-0.39, 0.29) is 16.9 Å². The molecule has 8 N–H and O–H groups in total. The highest BCUT2D eigenvalue weighted by atomic mass is 16.7. The zero-order chi connectivity index (χ0) is 24.2. The van der Waals surface area contributed by atoms with Gasteiger partial charge in [-0.25, -0.2) is 0 Å². The summed E-state index contributed by atoms with van der Waals surface area (Å²) in [5, 5.41) is 78.9. The minimum atomic E-state index is -1.80. The average Bonchev–Trinajstić information content (AvgIpc) is 2.77. The number of fused-ring (bicyclic) bond motifs is 1. The van der Waals surface area contributed by atoms with E-state index in [9.17, 15) is 45.6 Å². The summed E-state index contributed by atoms with van der Waals surface area (Å²) in [6.07, 6.45) is -7.59. The molecule has 176 valence electrons. The molecule has 33 heavy (non-hydrogen) atoms. The van der Waals surface area contributed by atoms with Crippen LogP contribution in [0.15, 0.2) is 33.5 Å². The van der Waals surface area contributed by atoms with Gasteiger partial charge in [0, 0.05) is 11.6 Å².